The monoisotopic (exact) mass is 198 g/mol. The number of aliphatic imine (C=N–C) groups is 1. The first-order chi connectivity index (χ1) is 6.22. The average molecular weight is 198 g/mol. The van der Waals surface area contributed by atoms with Crippen LogP contribution in [0, 0.1) is 0 Å². The minimum Gasteiger partial charge on any atom is -0.370 e. The van der Waals surface area contributed by atoms with Gasteiger partial charge >= 0.3 is 0 Å². The number of nitrogens with two attached hydrogens (primary N) is 2. The maximum atomic E-state index is 5.21. The summed E-state index contributed by atoms with van der Waals surface area (Å²) in [6.07, 6.45) is 2.14. The maximum absolute atomic E-state index is 5.21. The van der Waals surface area contributed by atoms with Crippen molar-refractivity contribution < 1.29 is 0 Å². The summed E-state index contributed by atoms with van der Waals surface area (Å²) >= 11 is 1.60. The summed E-state index contributed by atoms with van der Waals surface area (Å²) in [6, 6.07) is 0. The Hall–Kier alpha value is -1.10. The third-order valence-electron chi connectivity index (χ3n) is 1.50. The van der Waals surface area contributed by atoms with Gasteiger partial charge < -0.3 is 11.5 Å². The number of aryl methyl sites for hydroxylation is 1. The van der Waals surface area contributed by atoms with E-state index in [2.05, 4.69) is 22.3 Å². The number of guanidine groups is 1. The summed E-state index contributed by atoms with van der Waals surface area (Å²) in [4.78, 5) is 8.26. The largest absolute Gasteiger partial charge is 0.370 e. The Balaban J connectivity index is 2.53. The predicted octanol–water partition coefficient (Wildman–Crippen LogP) is 0.869. The standard InChI is InChI=1S/C8H14N4S/c1-2-3-6-5-13-7(12-6)4-11-8(9)10/h5H,2-4H2,1H3,(H4,9,10,11). The number of thiazole rings is 1. The van der Waals surface area contributed by atoms with Crippen LogP contribution in [0.15, 0.2) is 10.4 Å². The van der Waals surface area contributed by atoms with Crippen molar-refractivity contribution in [3.63, 3.8) is 0 Å². The summed E-state index contributed by atoms with van der Waals surface area (Å²) < 4.78 is 0. The van der Waals surface area contributed by atoms with Crippen LogP contribution in [0.5, 0.6) is 0 Å². The van der Waals surface area contributed by atoms with Crippen LogP contribution in [-0.2, 0) is 13.0 Å². The Kier molecular flexibility index (Phi) is 3.70. The van der Waals surface area contributed by atoms with Crippen LogP contribution in [0.25, 0.3) is 0 Å². The van der Waals surface area contributed by atoms with Crippen LogP contribution in [-0.4, -0.2) is 10.9 Å². The van der Waals surface area contributed by atoms with Gasteiger partial charge in [0.15, 0.2) is 5.96 Å². The van der Waals surface area contributed by atoms with Gasteiger partial charge in [-0.15, -0.1) is 11.3 Å². The van der Waals surface area contributed by atoms with Gasteiger partial charge in [0.2, 0.25) is 0 Å². The van der Waals surface area contributed by atoms with Crippen molar-refractivity contribution in [3.05, 3.63) is 16.1 Å². The van der Waals surface area contributed by atoms with E-state index in [0.29, 0.717) is 6.54 Å². The van der Waals surface area contributed by atoms with Crippen LogP contribution in [0.2, 0.25) is 0 Å². The molecule has 1 heterocycles. The molecule has 0 aliphatic rings. The van der Waals surface area contributed by atoms with E-state index >= 15 is 0 Å². The summed E-state index contributed by atoms with van der Waals surface area (Å²) in [5.41, 5.74) is 11.6. The lowest BCUT2D eigenvalue weighted by molar-refractivity contribution is 0.877. The van der Waals surface area contributed by atoms with Gasteiger partial charge in [0, 0.05) is 5.38 Å². The fourth-order valence-electron chi connectivity index (χ4n) is 0.951. The summed E-state index contributed by atoms with van der Waals surface area (Å²) in [5.74, 6) is 0.118. The topological polar surface area (TPSA) is 77.3 Å². The molecule has 1 rings (SSSR count). The predicted molar refractivity (Wildman–Crippen MR) is 55.6 cm³/mol. The van der Waals surface area contributed by atoms with Crippen molar-refractivity contribution in [2.24, 2.45) is 16.5 Å². The molecule has 0 saturated carbocycles. The molecular formula is C8H14N4S. The quantitative estimate of drug-likeness (QED) is 0.556. The van der Waals surface area contributed by atoms with E-state index in [1.807, 2.05) is 0 Å². The highest BCUT2D eigenvalue weighted by Gasteiger charge is 1.99. The first-order valence-corrected chi connectivity index (χ1v) is 5.09. The van der Waals surface area contributed by atoms with Crippen molar-refractivity contribution in [3.8, 4) is 0 Å². The van der Waals surface area contributed by atoms with Crippen molar-refractivity contribution >= 4 is 17.3 Å². The molecule has 5 heteroatoms. The molecule has 1 aromatic heterocycles. The highest BCUT2D eigenvalue weighted by Crippen LogP contribution is 2.11. The molecule has 0 bridgehead atoms. The zero-order valence-electron chi connectivity index (χ0n) is 7.66. The Bertz CT molecular complexity index is 288. The molecule has 0 aliphatic heterocycles. The van der Waals surface area contributed by atoms with Crippen LogP contribution in [0.4, 0.5) is 0 Å². The SMILES string of the molecule is CCCc1csc(CN=C(N)N)n1. The van der Waals surface area contributed by atoms with Crippen LogP contribution < -0.4 is 11.5 Å². The maximum Gasteiger partial charge on any atom is 0.186 e. The average Bonchev–Trinajstić information content (AvgIpc) is 2.50. The van der Waals surface area contributed by atoms with Gasteiger partial charge in [-0.2, -0.15) is 0 Å². The molecule has 0 aliphatic carbocycles. The number of hydrogen-bond donors (Lipinski definition) is 2. The Morgan fingerprint density at radius 3 is 3.00 bits per heavy atom. The minimum atomic E-state index is 0.118. The van der Waals surface area contributed by atoms with E-state index in [4.69, 9.17) is 11.5 Å². The first-order valence-electron chi connectivity index (χ1n) is 4.21. The lowest BCUT2D eigenvalue weighted by Crippen LogP contribution is -2.22. The van der Waals surface area contributed by atoms with Crippen molar-refractivity contribution in [2.45, 2.75) is 26.3 Å². The molecule has 0 atom stereocenters. The van der Waals surface area contributed by atoms with E-state index in [1.165, 1.54) is 0 Å². The van der Waals surface area contributed by atoms with Gasteiger partial charge in [-0.1, -0.05) is 13.3 Å². The minimum absolute atomic E-state index is 0.118. The van der Waals surface area contributed by atoms with Gasteiger partial charge in [0.1, 0.15) is 5.01 Å². The van der Waals surface area contributed by atoms with E-state index in [1.54, 1.807) is 11.3 Å². The number of aromatic nitrogens is 1. The fraction of sp³-hybridized carbons (Fsp3) is 0.500. The van der Waals surface area contributed by atoms with Crippen LogP contribution >= 0.6 is 11.3 Å². The lowest BCUT2D eigenvalue weighted by Gasteiger charge is -1.90. The van der Waals surface area contributed by atoms with Crippen LogP contribution in [0.3, 0.4) is 0 Å². The highest BCUT2D eigenvalue weighted by atomic mass is 32.1. The second-order valence-electron chi connectivity index (χ2n) is 2.72. The molecule has 13 heavy (non-hydrogen) atoms. The van der Waals surface area contributed by atoms with Gasteiger partial charge in [-0.05, 0) is 6.42 Å². The number of hydrogen-bond acceptors (Lipinski definition) is 3. The number of rotatable bonds is 4. The van der Waals surface area contributed by atoms with Gasteiger partial charge in [0.05, 0.1) is 12.2 Å². The Morgan fingerprint density at radius 1 is 1.62 bits per heavy atom. The van der Waals surface area contributed by atoms with Gasteiger partial charge in [0.25, 0.3) is 0 Å². The fourth-order valence-corrected chi connectivity index (χ4v) is 1.70. The molecule has 4 nitrogen and oxygen atoms in total. The summed E-state index contributed by atoms with van der Waals surface area (Å²) in [5, 5.41) is 3.03. The molecule has 0 radical (unpaired) electrons. The highest BCUT2D eigenvalue weighted by molar-refractivity contribution is 7.09. The lowest BCUT2D eigenvalue weighted by atomic mass is 10.3. The molecule has 72 valence electrons. The molecule has 0 spiro atoms. The summed E-state index contributed by atoms with van der Waals surface area (Å²) in [6.45, 7) is 2.63. The molecule has 1 aromatic rings. The third kappa shape index (κ3) is 3.42. The van der Waals surface area contributed by atoms with Crippen molar-refractivity contribution in [2.75, 3.05) is 0 Å². The van der Waals surface area contributed by atoms with E-state index in [0.717, 1.165) is 23.5 Å². The third-order valence-corrected chi connectivity index (χ3v) is 2.38. The van der Waals surface area contributed by atoms with E-state index in [9.17, 15) is 0 Å². The zero-order valence-corrected chi connectivity index (χ0v) is 8.47. The number of nitrogens with zero attached hydrogens (tertiary/aromatic N) is 2. The van der Waals surface area contributed by atoms with Crippen LogP contribution in [0.1, 0.15) is 24.0 Å². The van der Waals surface area contributed by atoms with Gasteiger partial charge in [-0.3, -0.25) is 0 Å². The summed E-state index contributed by atoms with van der Waals surface area (Å²) in [7, 11) is 0. The molecular weight excluding hydrogens is 184 g/mol. The molecule has 0 amide bonds. The first kappa shape index (κ1) is 9.98. The van der Waals surface area contributed by atoms with Crippen molar-refractivity contribution in [1.82, 2.24) is 4.98 Å². The van der Waals surface area contributed by atoms with E-state index in [-0.39, 0.29) is 5.96 Å². The van der Waals surface area contributed by atoms with Crippen molar-refractivity contribution in [1.29, 1.82) is 0 Å². The normalized spacial score (nSPS) is 9.92. The molecule has 0 aromatic carbocycles. The Labute approximate surface area is 81.7 Å². The second-order valence-corrected chi connectivity index (χ2v) is 3.67. The molecule has 0 fully saturated rings. The zero-order chi connectivity index (χ0) is 9.68. The van der Waals surface area contributed by atoms with E-state index < -0.39 is 0 Å². The molecule has 0 saturated heterocycles. The van der Waals surface area contributed by atoms with Gasteiger partial charge in [-0.25, -0.2) is 9.98 Å². The Morgan fingerprint density at radius 2 is 2.38 bits per heavy atom. The molecule has 4 N–H and O–H groups in total. The second kappa shape index (κ2) is 4.81. The smallest absolute Gasteiger partial charge is 0.186 e. The molecule has 0 unspecified atom stereocenters.